The first-order chi connectivity index (χ1) is 24.7. The highest BCUT2D eigenvalue weighted by Gasteiger charge is 2.25. The fourth-order valence-corrected chi connectivity index (χ4v) is 8.13. The van der Waals surface area contributed by atoms with Crippen LogP contribution in [0.1, 0.15) is 11.1 Å². The van der Waals surface area contributed by atoms with Gasteiger partial charge < -0.3 is 18.0 Å². The minimum absolute atomic E-state index is 0.445. The molecule has 230 valence electrons. The molecule has 7 aromatic carbocycles. The van der Waals surface area contributed by atoms with Crippen LogP contribution < -0.4 is 0 Å². The molecule has 0 spiro atoms. The maximum absolute atomic E-state index is 11.1. The molecule has 11 rings (SSSR count). The predicted molar refractivity (Wildman–Crippen MR) is 199 cm³/mol. The third-order valence-electron chi connectivity index (χ3n) is 10.2. The lowest BCUT2D eigenvalue weighted by Gasteiger charge is -2.16. The fourth-order valence-electron chi connectivity index (χ4n) is 8.13. The van der Waals surface area contributed by atoms with Crippen LogP contribution >= 0.6 is 0 Å². The van der Waals surface area contributed by atoms with Crippen LogP contribution in [0.5, 0.6) is 0 Å². The summed E-state index contributed by atoms with van der Waals surface area (Å²) in [6.45, 7) is 0. The van der Waals surface area contributed by atoms with Crippen molar-refractivity contribution in [1.82, 2.24) is 9.13 Å². The Bertz CT molecular complexity index is 3150. The monoisotopic (exact) mass is 638 g/mol. The van der Waals surface area contributed by atoms with E-state index in [-0.39, 0.29) is 0 Å². The van der Waals surface area contributed by atoms with Crippen LogP contribution in [0.25, 0.3) is 98.9 Å². The summed E-state index contributed by atoms with van der Waals surface area (Å²) in [5, 5.41) is 29.7. The Balaban J connectivity index is 1.28. The molecule has 11 aromatic rings. The summed E-state index contributed by atoms with van der Waals surface area (Å²) in [6, 6.07) is 49.4. The van der Waals surface area contributed by atoms with E-state index in [1.807, 2.05) is 72.8 Å². The molecule has 0 aliphatic rings. The molecule has 6 heteroatoms. The lowest BCUT2D eigenvalue weighted by molar-refractivity contribution is 0.672. The molecule has 6 nitrogen and oxygen atoms in total. The van der Waals surface area contributed by atoms with E-state index in [1.165, 1.54) is 0 Å². The van der Waals surface area contributed by atoms with Crippen LogP contribution in [0.4, 0.5) is 0 Å². The van der Waals surface area contributed by atoms with Crippen molar-refractivity contribution in [3.8, 4) is 23.5 Å². The third-order valence-corrected chi connectivity index (χ3v) is 10.2. The fraction of sp³-hybridized carbons (Fsp3) is 0. The van der Waals surface area contributed by atoms with E-state index >= 15 is 0 Å². The highest BCUT2D eigenvalue weighted by Crippen LogP contribution is 2.44. The quantitative estimate of drug-likeness (QED) is 0.189. The Kier molecular flexibility index (Phi) is 5.16. The van der Waals surface area contributed by atoms with E-state index in [4.69, 9.17) is 8.83 Å². The SMILES string of the molecule is N#Cc1cc(-n2c3ccccc3c3c4oc5ccccc5c4ccc32)c(C#N)c(-n2c3ccccc3c3c4oc5ccccc5c4ccc32)c1. The van der Waals surface area contributed by atoms with Crippen molar-refractivity contribution < 1.29 is 8.83 Å². The van der Waals surface area contributed by atoms with Crippen molar-refractivity contribution in [1.29, 1.82) is 10.5 Å². The first-order valence-electron chi connectivity index (χ1n) is 16.4. The molecule has 0 aliphatic heterocycles. The van der Waals surface area contributed by atoms with Gasteiger partial charge in [-0.3, -0.25) is 0 Å². The second-order valence-electron chi connectivity index (χ2n) is 12.7. The molecule has 0 radical (unpaired) electrons. The largest absolute Gasteiger partial charge is 0.455 e. The number of para-hydroxylation sites is 4. The van der Waals surface area contributed by atoms with Crippen molar-refractivity contribution in [3.05, 3.63) is 145 Å². The minimum Gasteiger partial charge on any atom is -0.455 e. The molecule has 0 aliphatic carbocycles. The lowest BCUT2D eigenvalue weighted by atomic mass is 10.1. The second-order valence-corrected chi connectivity index (χ2v) is 12.7. The Morgan fingerprint density at radius 3 is 1.32 bits per heavy atom. The molecule has 0 saturated heterocycles. The van der Waals surface area contributed by atoms with Gasteiger partial charge in [-0.1, -0.05) is 72.8 Å². The average molecular weight is 639 g/mol. The van der Waals surface area contributed by atoms with Crippen LogP contribution in [0.15, 0.2) is 142 Å². The van der Waals surface area contributed by atoms with Crippen LogP contribution in [-0.2, 0) is 0 Å². The van der Waals surface area contributed by atoms with E-state index < -0.39 is 0 Å². The number of nitriles is 2. The first kappa shape index (κ1) is 26.8. The number of hydrogen-bond donors (Lipinski definition) is 0. The molecule has 50 heavy (non-hydrogen) atoms. The number of aromatic nitrogens is 2. The Labute approximate surface area is 283 Å². The van der Waals surface area contributed by atoms with Crippen molar-refractivity contribution in [2.45, 2.75) is 0 Å². The predicted octanol–water partition coefficient (Wildman–Crippen LogP) is 11.4. The van der Waals surface area contributed by atoms with Gasteiger partial charge in [-0.2, -0.15) is 10.5 Å². The molecular formula is C44H22N4O2. The highest BCUT2D eigenvalue weighted by atomic mass is 16.3. The van der Waals surface area contributed by atoms with E-state index in [2.05, 4.69) is 81.9 Å². The lowest BCUT2D eigenvalue weighted by Crippen LogP contribution is -2.05. The van der Waals surface area contributed by atoms with Crippen molar-refractivity contribution in [3.63, 3.8) is 0 Å². The summed E-state index contributed by atoms with van der Waals surface area (Å²) in [4.78, 5) is 0. The number of furan rings is 2. The van der Waals surface area contributed by atoms with E-state index in [1.54, 1.807) is 0 Å². The van der Waals surface area contributed by atoms with Crippen molar-refractivity contribution in [2.75, 3.05) is 0 Å². The van der Waals surface area contributed by atoms with Gasteiger partial charge in [0, 0.05) is 32.3 Å². The van der Waals surface area contributed by atoms with E-state index in [9.17, 15) is 10.5 Å². The Morgan fingerprint density at radius 1 is 0.420 bits per heavy atom. The normalized spacial score (nSPS) is 12.0. The smallest absolute Gasteiger partial charge is 0.145 e. The summed E-state index contributed by atoms with van der Waals surface area (Å²) in [7, 11) is 0. The summed E-state index contributed by atoms with van der Waals surface area (Å²) in [5.74, 6) is 0. The standard InChI is InChI=1S/C44H22N4O2/c45-23-25-21-37(47-33-13-5-1-11-30(33)41-35(47)19-17-28-26-9-3-7-15-39(26)49-43(28)41)32(24-46)38(22-25)48-34-14-6-2-12-31(34)42-36(48)20-18-29-27-10-4-8-16-40(27)50-44(29)42/h1-22H. The van der Waals surface area contributed by atoms with Gasteiger partial charge in [0.2, 0.25) is 0 Å². The Hall–Kier alpha value is -7.28. The zero-order chi connectivity index (χ0) is 33.1. The summed E-state index contributed by atoms with van der Waals surface area (Å²) < 4.78 is 17.2. The highest BCUT2D eigenvalue weighted by molar-refractivity contribution is 6.25. The second kappa shape index (κ2) is 9.64. The number of hydrogen-bond acceptors (Lipinski definition) is 4. The van der Waals surface area contributed by atoms with Crippen LogP contribution in [0.3, 0.4) is 0 Å². The van der Waals surface area contributed by atoms with Crippen LogP contribution in [-0.4, -0.2) is 9.13 Å². The third kappa shape index (κ3) is 3.34. The van der Waals surface area contributed by atoms with Gasteiger partial charge >= 0.3 is 0 Å². The van der Waals surface area contributed by atoms with Gasteiger partial charge in [0.05, 0.1) is 55.8 Å². The zero-order valence-electron chi connectivity index (χ0n) is 26.3. The molecular weight excluding hydrogens is 617 g/mol. The molecule has 0 amide bonds. The van der Waals surface area contributed by atoms with Gasteiger partial charge in [0.1, 0.15) is 34.0 Å². The van der Waals surface area contributed by atoms with Crippen LogP contribution in [0.2, 0.25) is 0 Å². The van der Waals surface area contributed by atoms with Gasteiger partial charge in [0.15, 0.2) is 0 Å². The topological polar surface area (TPSA) is 83.7 Å². The maximum Gasteiger partial charge on any atom is 0.145 e. The maximum atomic E-state index is 11.1. The molecule has 0 saturated carbocycles. The van der Waals surface area contributed by atoms with Gasteiger partial charge in [-0.15, -0.1) is 0 Å². The molecule has 0 unspecified atom stereocenters. The van der Waals surface area contributed by atoms with Gasteiger partial charge in [-0.25, -0.2) is 0 Å². The van der Waals surface area contributed by atoms with E-state index in [0.717, 1.165) is 87.5 Å². The van der Waals surface area contributed by atoms with Gasteiger partial charge in [-0.05, 0) is 60.7 Å². The Morgan fingerprint density at radius 2 is 0.860 bits per heavy atom. The summed E-state index contributed by atoms with van der Waals surface area (Å²) in [5.41, 5.74) is 8.99. The zero-order valence-corrected chi connectivity index (χ0v) is 26.3. The molecule has 0 fully saturated rings. The first-order valence-corrected chi connectivity index (χ1v) is 16.4. The number of benzene rings is 7. The van der Waals surface area contributed by atoms with Crippen molar-refractivity contribution in [2.24, 2.45) is 0 Å². The number of fused-ring (bicyclic) bond motifs is 14. The average Bonchev–Trinajstić information content (AvgIpc) is 3.91. The van der Waals surface area contributed by atoms with Crippen molar-refractivity contribution >= 4 is 87.5 Å². The minimum atomic E-state index is 0.445. The van der Waals surface area contributed by atoms with Gasteiger partial charge in [0.25, 0.3) is 0 Å². The van der Waals surface area contributed by atoms with Crippen LogP contribution in [0, 0.1) is 22.7 Å². The molecule has 0 bridgehead atoms. The summed E-state index contributed by atoms with van der Waals surface area (Å²) >= 11 is 0. The molecule has 0 atom stereocenters. The molecule has 0 N–H and O–H groups in total. The molecule has 4 aromatic heterocycles. The summed E-state index contributed by atoms with van der Waals surface area (Å²) in [6.07, 6.45) is 0. The molecule has 4 heterocycles. The van der Waals surface area contributed by atoms with E-state index in [0.29, 0.717) is 22.5 Å². The number of nitrogens with zero attached hydrogens (tertiary/aromatic N) is 4. The number of rotatable bonds is 2.